The van der Waals surface area contributed by atoms with Crippen LogP contribution in [0.15, 0.2) is 182 Å². The first-order valence-corrected chi connectivity index (χ1v) is 19.3. The molecule has 0 aliphatic carbocycles. The number of hydrogen-bond acceptors (Lipinski definition) is 5. The van der Waals surface area contributed by atoms with E-state index in [1.807, 2.05) is 109 Å². The number of amides is 2. The predicted octanol–water partition coefficient (Wildman–Crippen LogP) is 8.00. The highest BCUT2D eigenvalue weighted by atomic mass is 32.2. The molecule has 7 heteroatoms. The van der Waals surface area contributed by atoms with E-state index >= 15 is 0 Å². The van der Waals surface area contributed by atoms with Crippen LogP contribution in [0.25, 0.3) is 0 Å². The molecule has 0 bridgehead atoms. The molecule has 0 radical (unpaired) electrons. The van der Waals surface area contributed by atoms with Gasteiger partial charge in [0.2, 0.25) is 11.8 Å². The average Bonchev–Trinajstić information content (AvgIpc) is 3.22. The summed E-state index contributed by atoms with van der Waals surface area (Å²) in [7, 11) is 1.59. The van der Waals surface area contributed by atoms with Crippen molar-refractivity contribution in [2.75, 3.05) is 18.6 Å². The number of hydrogen-bond donors (Lipinski definition) is 3. The van der Waals surface area contributed by atoms with E-state index in [0.29, 0.717) is 11.5 Å². The quantitative estimate of drug-likeness (QED) is 0.0937. The molecule has 0 saturated carbocycles. The first kappa shape index (κ1) is 36.7. The molecule has 0 saturated heterocycles. The Kier molecular flexibility index (Phi) is 12.3. The zero-order valence-electron chi connectivity index (χ0n) is 29.1. The fourth-order valence-electron chi connectivity index (χ4n) is 6.67. The molecule has 6 rings (SSSR count). The van der Waals surface area contributed by atoms with E-state index in [1.54, 1.807) is 30.6 Å². The van der Waals surface area contributed by atoms with Crippen molar-refractivity contribution in [1.82, 2.24) is 10.6 Å². The van der Waals surface area contributed by atoms with Crippen molar-refractivity contribution in [2.24, 2.45) is 5.73 Å². The number of carbonyl (C=O) groups excluding carboxylic acids is 2. The lowest BCUT2D eigenvalue weighted by molar-refractivity contribution is -0.128. The van der Waals surface area contributed by atoms with Gasteiger partial charge in [-0.3, -0.25) is 9.59 Å². The smallest absolute Gasteiger partial charge is 0.243 e. The summed E-state index contributed by atoms with van der Waals surface area (Å²) in [5, 5.41) is 5.81. The molecule has 5 nitrogen and oxygen atoms in total. The van der Waals surface area contributed by atoms with Gasteiger partial charge >= 0.3 is 0 Å². The highest BCUT2D eigenvalue weighted by molar-refractivity contribution is 8.01. The van der Waals surface area contributed by atoms with Gasteiger partial charge in [-0.15, -0.1) is 23.5 Å². The lowest BCUT2D eigenvalue weighted by Gasteiger charge is -2.37. The highest BCUT2D eigenvalue weighted by Crippen LogP contribution is 2.50. The van der Waals surface area contributed by atoms with E-state index in [0.717, 1.165) is 33.4 Å². The third kappa shape index (κ3) is 7.87. The minimum atomic E-state index is -0.889. The summed E-state index contributed by atoms with van der Waals surface area (Å²) < 4.78 is -1.28. The number of thioether (sulfide) groups is 2. The third-order valence-corrected chi connectivity index (χ3v) is 12.5. The SMILES string of the molecule is CNC(=O)[C@@H](CSC(c1ccccc1)(c1ccccc1)c1ccccc1)NC(=O)[C@H](N)CSC(c1ccccc1)(c1ccccc1)c1ccccc1. The van der Waals surface area contributed by atoms with Crippen LogP contribution in [0, 0.1) is 0 Å². The second-order valence-corrected chi connectivity index (χ2v) is 14.9. The van der Waals surface area contributed by atoms with Crippen LogP contribution < -0.4 is 16.4 Å². The van der Waals surface area contributed by atoms with Gasteiger partial charge in [-0.05, 0) is 33.4 Å². The van der Waals surface area contributed by atoms with Crippen LogP contribution >= 0.6 is 23.5 Å². The lowest BCUT2D eigenvalue weighted by atomic mass is 9.84. The van der Waals surface area contributed by atoms with Gasteiger partial charge in [-0.25, -0.2) is 0 Å². The molecule has 0 spiro atoms. The van der Waals surface area contributed by atoms with Gasteiger partial charge in [-0.1, -0.05) is 182 Å². The molecule has 0 aliphatic rings. The van der Waals surface area contributed by atoms with Crippen LogP contribution in [0.1, 0.15) is 33.4 Å². The van der Waals surface area contributed by atoms with Gasteiger partial charge in [0.05, 0.1) is 15.5 Å². The molecule has 2 amide bonds. The number of benzene rings is 6. The molecule has 6 aromatic rings. The Morgan fingerprint density at radius 3 is 1.02 bits per heavy atom. The summed E-state index contributed by atoms with van der Waals surface area (Å²) in [6.07, 6.45) is 0. The van der Waals surface area contributed by atoms with E-state index in [2.05, 4.69) is 83.4 Å². The maximum atomic E-state index is 14.0. The van der Waals surface area contributed by atoms with Crippen molar-refractivity contribution in [2.45, 2.75) is 21.6 Å². The molecule has 262 valence electrons. The average molecular weight is 722 g/mol. The van der Waals surface area contributed by atoms with Crippen LogP contribution in [0.5, 0.6) is 0 Å². The summed E-state index contributed by atoms with van der Waals surface area (Å²) in [5.74, 6) is -0.0583. The van der Waals surface area contributed by atoms with Crippen LogP contribution in [-0.4, -0.2) is 42.5 Å². The molecule has 0 aromatic heterocycles. The van der Waals surface area contributed by atoms with Crippen molar-refractivity contribution in [3.05, 3.63) is 215 Å². The van der Waals surface area contributed by atoms with Crippen LogP contribution in [0.2, 0.25) is 0 Å². The number of likely N-dealkylation sites (N-methyl/N-ethyl adjacent to an activating group) is 1. The summed E-state index contributed by atoms with van der Waals surface area (Å²) in [6, 6.07) is 60.2. The fraction of sp³-hybridized carbons (Fsp3) is 0.156. The van der Waals surface area contributed by atoms with Crippen molar-refractivity contribution >= 4 is 35.3 Å². The first-order valence-electron chi connectivity index (χ1n) is 17.4. The summed E-state index contributed by atoms with van der Waals surface area (Å²) >= 11 is 3.25. The Balaban J connectivity index is 1.29. The maximum absolute atomic E-state index is 14.0. The molecule has 2 atom stereocenters. The van der Waals surface area contributed by atoms with Gasteiger partial charge in [0, 0.05) is 18.6 Å². The first-order chi connectivity index (χ1) is 25.5. The van der Waals surface area contributed by atoms with Crippen molar-refractivity contribution in [3.8, 4) is 0 Å². The molecule has 0 unspecified atom stereocenters. The molecular weight excluding hydrogens is 679 g/mol. The van der Waals surface area contributed by atoms with Crippen molar-refractivity contribution in [1.29, 1.82) is 0 Å². The monoisotopic (exact) mass is 721 g/mol. The summed E-state index contributed by atoms with van der Waals surface area (Å²) in [4.78, 5) is 27.5. The Morgan fingerprint density at radius 2 is 0.750 bits per heavy atom. The lowest BCUT2D eigenvalue weighted by Crippen LogP contribution is -2.53. The molecule has 0 heterocycles. The molecule has 0 fully saturated rings. The predicted molar refractivity (Wildman–Crippen MR) is 217 cm³/mol. The largest absolute Gasteiger partial charge is 0.357 e. The summed E-state index contributed by atoms with van der Waals surface area (Å²) in [6.45, 7) is 0. The number of carbonyl (C=O) groups is 2. The Labute approximate surface area is 315 Å². The molecular formula is C45H43N3O2S2. The Bertz CT molecular complexity index is 1810. The molecule has 4 N–H and O–H groups in total. The Morgan fingerprint density at radius 1 is 0.481 bits per heavy atom. The molecule has 6 aromatic carbocycles. The van der Waals surface area contributed by atoms with Crippen LogP contribution in [0.3, 0.4) is 0 Å². The summed E-state index contributed by atoms with van der Waals surface area (Å²) in [5.41, 5.74) is 13.2. The van der Waals surface area contributed by atoms with Crippen LogP contribution in [-0.2, 0) is 19.1 Å². The second kappa shape index (κ2) is 17.4. The van der Waals surface area contributed by atoms with E-state index < -0.39 is 21.6 Å². The number of nitrogens with one attached hydrogen (secondary N) is 2. The minimum absolute atomic E-state index is 0.281. The standard InChI is InChI=1S/C45H43N3O2S2/c1-47-43(50)41(33-52-45(37-26-14-5-15-27-37,38-28-16-6-17-29-38)39-30-18-7-19-31-39)48-42(49)40(46)32-51-44(34-20-8-2-9-21-34,35-22-10-3-11-23-35)36-24-12-4-13-25-36/h2-31,40-41H,32-33,46H2,1H3,(H,47,50)(H,48,49)/t40-,41-/m1/s1. The molecule has 0 aliphatic heterocycles. The van der Waals surface area contributed by atoms with E-state index in [-0.39, 0.29) is 11.8 Å². The maximum Gasteiger partial charge on any atom is 0.243 e. The molecule has 52 heavy (non-hydrogen) atoms. The van der Waals surface area contributed by atoms with Gasteiger partial charge in [-0.2, -0.15) is 0 Å². The van der Waals surface area contributed by atoms with E-state index in [4.69, 9.17) is 5.73 Å². The van der Waals surface area contributed by atoms with Crippen LogP contribution in [0.4, 0.5) is 0 Å². The minimum Gasteiger partial charge on any atom is -0.357 e. The van der Waals surface area contributed by atoms with Gasteiger partial charge in [0.15, 0.2) is 0 Å². The van der Waals surface area contributed by atoms with Gasteiger partial charge in [0.1, 0.15) is 6.04 Å². The number of nitrogens with two attached hydrogens (primary N) is 1. The fourth-order valence-corrected chi connectivity index (χ4v) is 9.72. The highest BCUT2D eigenvalue weighted by Gasteiger charge is 2.40. The van der Waals surface area contributed by atoms with E-state index in [9.17, 15) is 9.59 Å². The normalized spacial score (nSPS) is 12.7. The topological polar surface area (TPSA) is 84.2 Å². The zero-order valence-corrected chi connectivity index (χ0v) is 30.7. The zero-order chi connectivity index (χ0) is 36.2. The Hall–Kier alpha value is -5.08. The van der Waals surface area contributed by atoms with Gasteiger partial charge in [0.25, 0.3) is 0 Å². The number of rotatable bonds is 15. The van der Waals surface area contributed by atoms with Crippen molar-refractivity contribution in [3.63, 3.8) is 0 Å². The second-order valence-electron chi connectivity index (χ2n) is 12.5. The van der Waals surface area contributed by atoms with Crippen molar-refractivity contribution < 1.29 is 9.59 Å². The van der Waals surface area contributed by atoms with E-state index in [1.165, 1.54) is 0 Å². The van der Waals surface area contributed by atoms with Gasteiger partial charge < -0.3 is 16.4 Å². The third-order valence-electron chi connectivity index (χ3n) is 9.24.